The standard InChI is InChI=1S/C12H25N3/c1-14-7-9-15(10-8-14)11-12-5-3-2-4-6-13-12/h12-13H,2-11H2,1H3. The van der Waals surface area contributed by atoms with Crippen molar-refractivity contribution in [1.29, 1.82) is 0 Å². The Balaban J connectivity index is 1.70. The molecule has 1 N–H and O–H groups in total. The first-order chi connectivity index (χ1) is 7.34. The summed E-state index contributed by atoms with van der Waals surface area (Å²) in [4.78, 5) is 5.06. The molecule has 0 aliphatic carbocycles. The lowest BCUT2D eigenvalue weighted by atomic mass is 10.1. The highest BCUT2D eigenvalue weighted by molar-refractivity contribution is 4.78. The van der Waals surface area contributed by atoms with E-state index in [0.717, 1.165) is 6.04 Å². The van der Waals surface area contributed by atoms with Crippen LogP contribution in [0.25, 0.3) is 0 Å². The maximum absolute atomic E-state index is 3.68. The molecule has 1 unspecified atom stereocenters. The Kier molecular flexibility index (Phi) is 4.42. The Morgan fingerprint density at radius 3 is 2.67 bits per heavy atom. The first-order valence-electron chi connectivity index (χ1n) is 6.49. The smallest absolute Gasteiger partial charge is 0.0195 e. The number of rotatable bonds is 2. The molecule has 2 rings (SSSR count). The minimum atomic E-state index is 0.760. The molecule has 1 atom stereocenters. The van der Waals surface area contributed by atoms with Crippen molar-refractivity contribution in [2.75, 3.05) is 46.3 Å². The van der Waals surface area contributed by atoms with E-state index in [4.69, 9.17) is 0 Å². The zero-order valence-electron chi connectivity index (χ0n) is 10.0. The number of piperazine rings is 1. The predicted molar refractivity (Wildman–Crippen MR) is 64.2 cm³/mol. The number of nitrogens with one attached hydrogen (secondary N) is 1. The molecule has 0 saturated carbocycles. The van der Waals surface area contributed by atoms with Gasteiger partial charge in [0.25, 0.3) is 0 Å². The summed E-state index contributed by atoms with van der Waals surface area (Å²) >= 11 is 0. The van der Waals surface area contributed by atoms with E-state index in [1.165, 1.54) is 65.0 Å². The van der Waals surface area contributed by atoms with Gasteiger partial charge in [-0.05, 0) is 26.4 Å². The lowest BCUT2D eigenvalue weighted by Crippen LogP contribution is -2.49. The van der Waals surface area contributed by atoms with E-state index in [0.29, 0.717) is 0 Å². The van der Waals surface area contributed by atoms with Crippen LogP contribution < -0.4 is 5.32 Å². The first kappa shape index (κ1) is 11.4. The van der Waals surface area contributed by atoms with Crippen molar-refractivity contribution in [3.05, 3.63) is 0 Å². The van der Waals surface area contributed by atoms with Gasteiger partial charge in [-0.1, -0.05) is 12.8 Å². The van der Waals surface area contributed by atoms with Gasteiger partial charge >= 0.3 is 0 Å². The van der Waals surface area contributed by atoms with Crippen LogP contribution in [0.1, 0.15) is 25.7 Å². The molecule has 0 bridgehead atoms. The molecular weight excluding hydrogens is 186 g/mol. The average Bonchev–Trinajstić information content (AvgIpc) is 2.50. The van der Waals surface area contributed by atoms with Crippen molar-refractivity contribution in [1.82, 2.24) is 15.1 Å². The third kappa shape index (κ3) is 3.74. The second-order valence-electron chi connectivity index (χ2n) is 5.10. The molecule has 3 nitrogen and oxygen atoms in total. The van der Waals surface area contributed by atoms with E-state index in [1.54, 1.807) is 0 Å². The van der Waals surface area contributed by atoms with Crippen LogP contribution in [0.4, 0.5) is 0 Å². The topological polar surface area (TPSA) is 18.5 Å². The fraction of sp³-hybridized carbons (Fsp3) is 1.00. The van der Waals surface area contributed by atoms with Crippen LogP contribution in [0, 0.1) is 0 Å². The molecule has 0 radical (unpaired) electrons. The van der Waals surface area contributed by atoms with Crippen LogP contribution in [-0.4, -0.2) is 62.2 Å². The fourth-order valence-electron chi connectivity index (χ4n) is 2.60. The van der Waals surface area contributed by atoms with Gasteiger partial charge in [-0.25, -0.2) is 0 Å². The van der Waals surface area contributed by atoms with Crippen LogP contribution >= 0.6 is 0 Å². The monoisotopic (exact) mass is 211 g/mol. The van der Waals surface area contributed by atoms with Crippen molar-refractivity contribution < 1.29 is 0 Å². The van der Waals surface area contributed by atoms with Crippen LogP contribution in [0.3, 0.4) is 0 Å². The van der Waals surface area contributed by atoms with Gasteiger partial charge in [0, 0.05) is 38.8 Å². The highest BCUT2D eigenvalue weighted by atomic mass is 15.3. The molecule has 2 saturated heterocycles. The van der Waals surface area contributed by atoms with E-state index >= 15 is 0 Å². The first-order valence-corrected chi connectivity index (χ1v) is 6.49. The molecule has 0 spiro atoms. The lowest BCUT2D eigenvalue weighted by molar-refractivity contribution is 0.141. The largest absolute Gasteiger partial charge is 0.313 e. The van der Waals surface area contributed by atoms with E-state index in [1.807, 2.05) is 0 Å². The molecule has 2 heterocycles. The number of nitrogens with zero attached hydrogens (tertiary/aromatic N) is 2. The summed E-state index contributed by atoms with van der Waals surface area (Å²) in [6, 6.07) is 0.760. The molecule has 3 heteroatoms. The molecular formula is C12H25N3. The van der Waals surface area contributed by atoms with E-state index in [9.17, 15) is 0 Å². The minimum absolute atomic E-state index is 0.760. The summed E-state index contributed by atoms with van der Waals surface area (Å²) in [7, 11) is 2.22. The molecule has 15 heavy (non-hydrogen) atoms. The summed E-state index contributed by atoms with van der Waals surface area (Å²) in [6.45, 7) is 7.51. The highest BCUT2D eigenvalue weighted by Crippen LogP contribution is 2.10. The second kappa shape index (κ2) is 5.83. The molecule has 0 amide bonds. The van der Waals surface area contributed by atoms with Crippen molar-refractivity contribution >= 4 is 0 Å². The zero-order valence-corrected chi connectivity index (χ0v) is 10.0. The Labute approximate surface area is 93.8 Å². The highest BCUT2D eigenvalue weighted by Gasteiger charge is 2.18. The van der Waals surface area contributed by atoms with Crippen molar-refractivity contribution in [3.63, 3.8) is 0 Å². The summed E-state index contributed by atoms with van der Waals surface area (Å²) in [5.74, 6) is 0. The fourth-order valence-corrected chi connectivity index (χ4v) is 2.60. The lowest BCUT2D eigenvalue weighted by Gasteiger charge is -2.34. The van der Waals surface area contributed by atoms with E-state index < -0.39 is 0 Å². The van der Waals surface area contributed by atoms with E-state index in [2.05, 4.69) is 22.2 Å². The molecule has 0 aromatic heterocycles. The maximum Gasteiger partial charge on any atom is 0.0195 e. The van der Waals surface area contributed by atoms with Crippen LogP contribution in [0.2, 0.25) is 0 Å². The third-order valence-corrected chi connectivity index (χ3v) is 3.74. The minimum Gasteiger partial charge on any atom is -0.313 e. The number of hydrogen-bond donors (Lipinski definition) is 1. The van der Waals surface area contributed by atoms with Gasteiger partial charge in [0.05, 0.1) is 0 Å². The summed E-state index contributed by atoms with van der Waals surface area (Å²) in [6.07, 6.45) is 5.60. The summed E-state index contributed by atoms with van der Waals surface area (Å²) < 4.78 is 0. The molecule has 88 valence electrons. The Bertz CT molecular complexity index is 168. The van der Waals surface area contributed by atoms with Gasteiger partial charge in [-0.3, -0.25) is 4.90 Å². The van der Waals surface area contributed by atoms with Crippen molar-refractivity contribution in [2.45, 2.75) is 31.7 Å². The van der Waals surface area contributed by atoms with Crippen LogP contribution in [-0.2, 0) is 0 Å². The van der Waals surface area contributed by atoms with Gasteiger partial charge in [0.15, 0.2) is 0 Å². The molecule has 2 fully saturated rings. The van der Waals surface area contributed by atoms with Gasteiger partial charge in [-0.15, -0.1) is 0 Å². The zero-order chi connectivity index (χ0) is 10.5. The van der Waals surface area contributed by atoms with Gasteiger partial charge < -0.3 is 10.2 Å². The van der Waals surface area contributed by atoms with Crippen LogP contribution in [0.5, 0.6) is 0 Å². The summed E-state index contributed by atoms with van der Waals surface area (Å²) in [5.41, 5.74) is 0. The van der Waals surface area contributed by atoms with Gasteiger partial charge in [-0.2, -0.15) is 0 Å². The quantitative estimate of drug-likeness (QED) is 0.728. The Hall–Kier alpha value is -0.120. The predicted octanol–water partition coefficient (Wildman–Crippen LogP) is 0.766. The second-order valence-corrected chi connectivity index (χ2v) is 5.10. The number of hydrogen-bond acceptors (Lipinski definition) is 3. The maximum atomic E-state index is 3.68. The van der Waals surface area contributed by atoms with Gasteiger partial charge in [0.2, 0.25) is 0 Å². The van der Waals surface area contributed by atoms with Crippen LogP contribution in [0.15, 0.2) is 0 Å². The normalized spacial score (nSPS) is 31.4. The number of likely N-dealkylation sites (N-methyl/N-ethyl adjacent to an activating group) is 1. The Morgan fingerprint density at radius 2 is 1.87 bits per heavy atom. The molecule has 0 aromatic carbocycles. The van der Waals surface area contributed by atoms with E-state index in [-0.39, 0.29) is 0 Å². The van der Waals surface area contributed by atoms with Crippen molar-refractivity contribution in [3.8, 4) is 0 Å². The van der Waals surface area contributed by atoms with Crippen molar-refractivity contribution in [2.24, 2.45) is 0 Å². The van der Waals surface area contributed by atoms with Gasteiger partial charge in [0.1, 0.15) is 0 Å². The summed E-state index contributed by atoms with van der Waals surface area (Å²) in [5, 5.41) is 3.68. The molecule has 0 aromatic rings. The molecule has 2 aliphatic heterocycles. The SMILES string of the molecule is CN1CCN(CC2CCCCCN2)CC1. The third-order valence-electron chi connectivity index (χ3n) is 3.74. The Morgan fingerprint density at radius 1 is 1.07 bits per heavy atom. The molecule has 2 aliphatic rings. The average molecular weight is 211 g/mol.